The first-order chi connectivity index (χ1) is 22.1. The summed E-state index contributed by atoms with van der Waals surface area (Å²) in [4.78, 5) is 34.4. The van der Waals surface area contributed by atoms with E-state index in [1.807, 2.05) is 0 Å². The highest BCUT2D eigenvalue weighted by molar-refractivity contribution is 6.17. The van der Waals surface area contributed by atoms with Crippen molar-refractivity contribution >= 4 is 34.1 Å². The van der Waals surface area contributed by atoms with Gasteiger partial charge in [-0.2, -0.15) is 0 Å². The Labute approximate surface area is 266 Å². The average Bonchev–Trinajstić information content (AvgIpc) is 3.61. The second-order valence-electron chi connectivity index (χ2n) is 11.3. The van der Waals surface area contributed by atoms with Crippen LogP contribution >= 0.6 is 0 Å². The van der Waals surface area contributed by atoms with Gasteiger partial charge in [-0.1, -0.05) is 27.7 Å². The molecule has 46 heavy (non-hydrogen) atoms. The van der Waals surface area contributed by atoms with E-state index in [1.54, 1.807) is 38.2 Å². The van der Waals surface area contributed by atoms with E-state index >= 15 is 4.39 Å². The molecule has 4 aromatic rings. The van der Waals surface area contributed by atoms with Crippen LogP contribution in [0, 0.1) is 28.9 Å². The van der Waals surface area contributed by atoms with Crippen molar-refractivity contribution in [3.8, 4) is 23.0 Å². The lowest BCUT2D eigenvalue weighted by atomic mass is 9.98. The maximum Gasteiger partial charge on any atom is 0.247 e. The quantitative estimate of drug-likeness (QED) is 0.169. The zero-order valence-corrected chi connectivity index (χ0v) is 26.6. The van der Waals surface area contributed by atoms with Crippen LogP contribution in [-0.4, -0.2) is 55.0 Å². The number of methoxy groups -OCH3 is 1. The minimum absolute atomic E-state index is 0.112. The summed E-state index contributed by atoms with van der Waals surface area (Å²) < 4.78 is 47.2. The summed E-state index contributed by atoms with van der Waals surface area (Å²) in [6, 6.07) is 14.3. The fraction of sp³-hybridized carbons (Fsp3) is 0.343. The van der Waals surface area contributed by atoms with Crippen molar-refractivity contribution in [3.63, 3.8) is 0 Å². The van der Waals surface area contributed by atoms with E-state index in [2.05, 4.69) is 23.7 Å². The number of amides is 2. The number of nitrogens with two attached hydrogens (primary N) is 1. The van der Waals surface area contributed by atoms with Gasteiger partial charge in [0, 0.05) is 35.9 Å². The number of carbonyl (C=O) groups is 2. The third-order valence-electron chi connectivity index (χ3n) is 9.07. The first-order valence-corrected chi connectivity index (χ1v) is 15.3. The number of hydrogen-bond acceptors (Lipinski definition) is 7. The predicted molar refractivity (Wildman–Crippen MR) is 172 cm³/mol. The third-order valence-corrected chi connectivity index (χ3v) is 9.07. The highest BCUT2D eigenvalue weighted by Crippen LogP contribution is 2.60. The first-order valence-electron chi connectivity index (χ1n) is 15.3. The van der Waals surface area contributed by atoms with Crippen LogP contribution in [0.1, 0.15) is 27.7 Å². The zero-order valence-electron chi connectivity index (χ0n) is 26.6. The molecular formula is C35H38F2N4O5. The minimum atomic E-state index is -1.47. The molecule has 1 aromatic heterocycles. The number of pyridine rings is 1. The van der Waals surface area contributed by atoms with Gasteiger partial charge in [-0.05, 0) is 73.5 Å². The smallest absolute Gasteiger partial charge is 0.247 e. The van der Waals surface area contributed by atoms with Crippen LogP contribution in [0.25, 0.3) is 10.9 Å². The minimum Gasteiger partial charge on any atom is -0.493 e. The number of ether oxygens (including phenoxy) is 3. The number of halogens is 2. The number of nitrogens with zero attached hydrogens (tertiary/aromatic N) is 3. The van der Waals surface area contributed by atoms with Gasteiger partial charge in [0.05, 0.1) is 18.3 Å². The lowest BCUT2D eigenvalue weighted by molar-refractivity contribution is -0.134. The van der Waals surface area contributed by atoms with E-state index in [1.165, 1.54) is 48.4 Å². The molecule has 1 heterocycles. The van der Waals surface area contributed by atoms with Crippen LogP contribution < -0.4 is 24.8 Å². The van der Waals surface area contributed by atoms with Crippen LogP contribution in [0.15, 0.2) is 66.9 Å². The standard InChI is InChI=1S/C35H38F2N4O5/c1-6-40(7-2)16-17-45-32-20-28-26(19-31(32)44-5)29(14-15-39-28)46-30-13-12-25(18-27(30)37)41(24-10-8-23(36)9-11-24)34(43)35(33(38)42)21(3)22(35)4/h8-15,18-22H,6-7,16-17H2,1-5H3,(H2,38,42)/t21-,22-/m0/s1. The molecule has 2 N–H and O–H groups in total. The second-order valence-corrected chi connectivity index (χ2v) is 11.3. The van der Waals surface area contributed by atoms with Crippen molar-refractivity contribution in [1.82, 2.24) is 9.88 Å². The first kappa shape index (κ1) is 32.6. The number of fused-ring (bicyclic) bond motifs is 1. The fourth-order valence-corrected chi connectivity index (χ4v) is 6.02. The Hall–Kier alpha value is -4.77. The van der Waals surface area contributed by atoms with Crippen molar-refractivity contribution in [3.05, 3.63) is 78.5 Å². The van der Waals surface area contributed by atoms with E-state index in [-0.39, 0.29) is 29.0 Å². The molecule has 3 aromatic carbocycles. The summed E-state index contributed by atoms with van der Waals surface area (Å²) in [7, 11) is 1.54. The van der Waals surface area contributed by atoms with Crippen molar-refractivity contribution < 1.29 is 32.6 Å². The fourth-order valence-electron chi connectivity index (χ4n) is 6.02. The number of carbonyl (C=O) groups excluding carboxylic acids is 2. The molecule has 0 aliphatic heterocycles. The van der Waals surface area contributed by atoms with Gasteiger partial charge < -0.3 is 24.8 Å². The molecule has 1 aliphatic carbocycles. The third kappa shape index (κ3) is 5.94. The van der Waals surface area contributed by atoms with Crippen LogP contribution in [-0.2, 0) is 9.59 Å². The summed E-state index contributed by atoms with van der Waals surface area (Å²) in [5, 5.41) is 0.571. The predicted octanol–water partition coefficient (Wildman–Crippen LogP) is 6.46. The molecular weight excluding hydrogens is 594 g/mol. The van der Waals surface area contributed by atoms with Crippen LogP contribution in [0.5, 0.6) is 23.0 Å². The Bertz CT molecular complexity index is 1740. The number of benzene rings is 3. The molecule has 1 aliphatic rings. The van der Waals surface area contributed by atoms with Gasteiger partial charge >= 0.3 is 0 Å². The molecule has 1 saturated carbocycles. The van der Waals surface area contributed by atoms with Gasteiger partial charge in [0.15, 0.2) is 23.1 Å². The van der Waals surface area contributed by atoms with Crippen LogP contribution in [0.2, 0.25) is 0 Å². The molecule has 0 radical (unpaired) electrons. The molecule has 11 heteroatoms. The zero-order chi connectivity index (χ0) is 33.2. The molecule has 2 amide bonds. The van der Waals surface area contributed by atoms with Crippen molar-refractivity contribution in [2.75, 3.05) is 38.3 Å². The summed E-state index contributed by atoms with van der Waals surface area (Å²) >= 11 is 0. The Morgan fingerprint density at radius 1 is 0.891 bits per heavy atom. The molecule has 1 fully saturated rings. The highest BCUT2D eigenvalue weighted by atomic mass is 19.1. The summed E-state index contributed by atoms with van der Waals surface area (Å²) in [5.74, 6) is -2.08. The molecule has 242 valence electrons. The Morgan fingerprint density at radius 2 is 1.57 bits per heavy atom. The maximum atomic E-state index is 15.8. The molecule has 9 nitrogen and oxygen atoms in total. The molecule has 5 rings (SSSR count). The van der Waals surface area contributed by atoms with Gasteiger partial charge in [0.1, 0.15) is 23.6 Å². The Morgan fingerprint density at radius 3 is 2.15 bits per heavy atom. The molecule has 0 bridgehead atoms. The van der Waals surface area contributed by atoms with E-state index in [0.29, 0.717) is 34.8 Å². The second kappa shape index (κ2) is 13.3. The van der Waals surface area contributed by atoms with Crippen molar-refractivity contribution in [2.45, 2.75) is 27.7 Å². The maximum absolute atomic E-state index is 15.8. The number of anilines is 2. The summed E-state index contributed by atoms with van der Waals surface area (Å²) in [6.07, 6.45) is 1.55. The molecule has 0 unspecified atom stereocenters. The number of rotatable bonds is 13. The number of primary amides is 1. The van der Waals surface area contributed by atoms with Crippen molar-refractivity contribution in [2.24, 2.45) is 23.0 Å². The Balaban J connectivity index is 1.46. The monoisotopic (exact) mass is 632 g/mol. The SMILES string of the molecule is CCN(CC)CCOc1cc2nccc(Oc3ccc(N(C(=O)C4(C(N)=O)[C@@H](C)[C@@H]4C)c4ccc(F)cc4)cc3F)c2cc1OC. The van der Waals surface area contributed by atoms with Gasteiger partial charge in [-0.25, -0.2) is 8.78 Å². The molecule has 0 spiro atoms. The van der Waals surface area contributed by atoms with Crippen molar-refractivity contribution in [1.29, 1.82) is 0 Å². The van der Waals surface area contributed by atoms with Gasteiger partial charge in [-0.3, -0.25) is 19.5 Å². The van der Waals surface area contributed by atoms with Gasteiger partial charge in [0.25, 0.3) is 0 Å². The topological polar surface area (TPSA) is 107 Å². The van der Waals surface area contributed by atoms with E-state index in [9.17, 15) is 14.0 Å². The molecule has 0 saturated heterocycles. The van der Waals surface area contributed by atoms with Crippen LogP contribution in [0.3, 0.4) is 0 Å². The Kier molecular flexibility index (Phi) is 9.43. The number of likely N-dealkylation sites (N-methyl/N-ethyl adjacent to an activating group) is 1. The highest BCUT2D eigenvalue weighted by Gasteiger charge is 2.70. The summed E-state index contributed by atoms with van der Waals surface area (Å²) in [5.41, 5.74) is 5.21. The summed E-state index contributed by atoms with van der Waals surface area (Å²) in [6.45, 7) is 10.8. The van der Waals surface area contributed by atoms with E-state index in [4.69, 9.17) is 19.9 Å². The average molecular weight is 633 g/mol. The van der Waals surface area contributed by atoms with Gasteiger partial charge in [-0.15, -0.1) is 0 Å². The lowest BCUT2D eigenvalue weighted by Gasteiger charge is -2.27. The van der Waals surface area contributed by atoms with Crippen LogP contribution in [0.4, 0.5) is 20.2 Å². The largest absolute Gasteiger partial charge is 0.493 e. The normalized spacial score (nSPS) is 18.8. The number of aromatic nitrogens is 1. The van der Waals surface area contributed by atoms with E-state index < -0.39 is 28.9 Å². The lowest BCUT2D eigenvalue weighted by Crippen LogP contribution is -2.43. The molecule has 2 atom stereocenters. The van der Waals surface area contributed by atoms with E-state index in [0.717, 1.165) is 25.7 Å². The van der Waals surface area contributed by atoms with Gasteiger partial charge in [0.2, 0.25) is 11.8 Å². The number of hydrogen-bond donors (Lipinski definition) is 1.